The second kappa shape index (κ2) is 18.7. The number of carbonyl (C=O) groups excluding carboxylic acids is 6. The lowest BCUT2D eigenvalue weighted by molar-refractivity contribution is -0.136. The Bertz CT molecular complexity index is 2430. The first kappa shape index (κ1) is 43.3. The standard InChI is InChI=1S/C48H54FN7O8/c1-2-32-38(53-45(60)42(32)49)26-64-46-36-22-29-14-17-51-43(58)35(29)23-34(36)30(24-52-46)11-10-27-6-8-28(9-7-27)25-55-19-15-31(16-20-55)63-21-18-50-37-5-3-4-33-41(37)48(62)56(47(33)61)39-12-13-40(57)54-44(39)59/h3-5,22-24,27-28,31-32,38-39,42,50H,2,6-9,12-21,25-26H2,1H3,(H,51,58)(H,53,60)(H,54,57,59)/t27?,28?,32-,38?,39?,42-/m0/s1. The van der Waals surface area contributed by atoms with Crippen LogP contribution in [0.1, 0.15) is 107 Å². The van der Waals surface area contributed by atoms with E-state index < -0.39 is 53.7 Å². The molecule has 0 bridgehead atoms. The van der Waals surface area contributed by atoms with Crippen LogP contribution in [-0.4, -0.2) is 121 Å². The van der Waals surface area contributed by atoms with Crippen molar-refractivity contribution in [3.8, 4) is 17.7 Å². The molecule has 336 valence electrons. The van der Waals surface area contributed by atoms with Crippen molar-refractivity contribution < 1.29 is 42.6 Å². The van der Waals surface area contributed by atoms with Crippen LogP contribution in [0, 0.1) is 29.6 Å². The molecule has 2 aromatic carbocycles. The minimum atomic E-state index is -1.55. The number of carbonyl (C=O) groups is 6. The average molecular weight is 876 g/mol. The molecule has 3 saturated heterocycles. The Hall–Kier alpha value is -5.92. The van der Waals surface area contributed by atoms with E-state index in [1.165, 1.54) is 0 Å². The van der Waals surface area contributed by atoms with E-state index in [4.69, 9.17) is 9.47 Å². The molecule has 6 amide bonds. The van der Waals surface area contributed by atoms with Crippen LogP contribution in [0.25, 0.3) is 10.8 Å². The summed E-state index contributed by atoms with van der Waals surface area (Å²) < 4.78 is 26.9. The number of fused-ring (bicyclic) bond motifs is 3. The summed E-state index contributed by atoms with van der Waals surface area (Å²) >= 11 is 0. The van der Waals surface area contributed by atoms with Gasteiger partial charge in [-0.05, 0) is 93.5 Å². The molecule has 2 unspecified atom stereocenters. The molecule has 6 heterocycles. The van der Waals surface area contributed by atoms with Crippen LogP contribution < -0.4 is 26.0 Å². The van der Waals surface area contributed by atoms with Gasteiger partial charge in [0.1, 0.15) is 12.6 Å². The number of hydrogen-bond donors (Lipinski definition) is 4. The number of aromatic nitrogens is 1. The third kappa shape index (κ3) is 8.80. The third-order valence-electron chi connectivity index (χ3n) is 13.9. The molecule has 0 spiro atoms. The number of nitrogens with one attached hydrogen (secondary N) is 4. The van der Waals surface area contributed by atoms with Crippen LogP contribution in [0.5, 0.6) is 5.88 Å². The van der Waals surface area contributed by atoms with Gasteiger partial charge in [-0.2, -0.15) is 0 Å². The van der Waals surface area contributed by atoms with Crippen LogP contribution >= 0.6 is 0 Å². The summed E-state index contributed by atoms with van der Waals surface area (Å²) in [4.78, 5) is 83.7. The maximum atomic E-state index is 14.5. The largest absolute Gasteiger partial charge is 0.475 e. The van der Waals surface area contributed by atoms with Gasteiger partial charge in [0, 0.05) is 79.2 Å². The van der Waals surface area contributed by atoms with E-state index in [-0.39, 0.29) is 48.5 Å². The van der Waals surface area contributed by atoms with E-state index in [0.29, 0.717) is 55.6 Å². The summed E-state index contributed by atoms with van der Waals surface area (Å²) in [5.74, 6) is 4.85. The number of amides is 6. The minimum absolute atomic E-state index is 0.0684. The van der Waals surface area contributed by atoms with Crippen LogP contribution in [0.4, 0.5) is 10.1 Å². The van der Waals surface area contributed by atoms with E-state index in [1.54, 1.807) is 24.4 Å². The number of nitrogens with zero attached hydrogens (tertiary/aromatic N) is 3. The lowest BCUT2D eigenvalue weighted by Gasteiger charge is -2.36. The highest BCUT2D eigenvalue weighted by Crippen LogP contribution is 2.35. The van der Waals surface area contributed by atoms with Crippen molar-refractivity contribution in [1.29, 1.82) is 0 Å². The maximum Gasteiger partial charge on any atom is 0.264 e. The number of benzene rings is 2. The number of pyridine rings is 1. The molecular weight excluding hydrogens is 822 g/mol. The number of halogens is 1. The maximum absolute atomic E-state index is 14.5. The van der Waals surface area contributed by atoms with Gasteiger partial charge in [-0.1, -0.05) is 24.8 Å². The number of hydrogen-bond acceptors (Lipinski definition) is 11. The predicted molar refractivity (Wildman–Crippen MR) is 233 cm³/mol. The number of imide groups is 2. The molecule has 4 N–H and O–H groups in total. The predicted octanol–water partition coefficient (Wildman–Crippen LogP) is 3.91. The fourth-order valence-corrected chi connectivity index (χ4v) is 10.3. The summed E-state index contributed by atoms with van der Waals surface area (Å²) in [6.07, 6.45) is 7.71. The smallest absolute Gasteiger partial charge is 0.264 e. The molecule has 9 rings (SSSR count). The van der Waals surface area contributed by atoms with Crippen molar-refractivity contribution in [3.05, 3.63) is 64.3 Å². The van der Waals surface area contributed by atoms with Gasteiger partial charge in [0.25, 0.3) is 23.6 Å². The number of anilines is 1. The highest BCUT2D eigenvalue weighted by molar-refractivity contribution is 6.25. The number of likely N-dealkylation sites (tertiary alicyclic amines) is 1. The highest BCUT2D eigenvalue weighted by Gasteiger charge is 2.46. The minimum Gasteiger partial charge on any atom is -0.475 e. The van der Waals surface area contributed by atoms with Gasteiger partial charge in [-0.25, -0.2) is 9.37 Å². The van der Waals surface area contributed by atoms with Crippen molar-refractivity contribution >= 4 is 51.9 Å². The van der Waals surface area contributed by atoms with E-state index in [2.05, 4.69) is 43.0 Å². The zero-order chi connectivity index (χ0) is 44.5. The monoisotopic (exact) mass is 875 g/mol. The van der Waals surface area contributed by atoms with Gasteiger partial charge in [0.2, 0.25) is 17.7 Å². The van der Waals surface area contributed by atoms with Gasteiger partial charge in [-0.3, -0.25) is 39.0 Å². The molecule has 3 aromatic rings. The van der Waals surface area contributed by atoms with Crippen molar-refractivity contribution in [2.24, 2.45) is 17.8 Å². The Morgan fingerprint density at radius 1 is 0.922 bits per heavy atom. The Morgan fingerprint density at radius 3 is 2.52 bits per heavy atom. The normalized spacial score (nSPS) is 26.2. The fourth-order valence-electron chi connectivity index (χ4n) is 10.3. The van der Waals surface area contributed by atoms with E-state index in [0.717, 1.165) is 85.0 Å². The molecule has 1 saturated carbocycles. The second-order valence-electron chi connectivity index (χ2n) is 17.9. The molecule has 5 aliphatic heterocycles. The Kier molecular flexibility index (Phi) is 12.6. The van der Waals surface area contributed by atoms with Crippen LogP contribution in [0.3, 0.4) is 0 Å². The summed E-state index contributed by atoms with van der Waals surface area (Å²) in [6, 6.07) is 7.41. The first-order valence-corrected chi connectivity index (χ1v) is 22.8. The zero-order valence-corrected chi connectivity index (χ0v) is 36.0. The lowest BCUT2D eigenvalue weighted by atomic mass is 9.81. The average Bonchev–Trinajstić information content (AvgIpc) is 3.72. The van der Waals surface area contributed by atoms with E-state index in [1.807, 2.05) is 19.1 Å². The summed E-state index contributed by atoms with van der Waals surface area (Å²) in [7, 11) is 0. The molecule has 64 heavy (non-hydrogen) atoms. The molecule has 15 nitrogen and oxygen atoms in total. The van der Waals surface area contributed by atoms with Crippen LogP contribution in [0.15, 0.2) is 36.5 Å². The van der Waals surface area contributed by atoms with Gasteiger partial charge in [-0.15, -0.1) is 0 Å². The topological polar surface area (TPSA) is 188 Å². The van der Waals surface area contributed by atoms with Gasteiger partial charge < -0.3 is 30.3 Å². The first-order chi connectivity index (χ1) is 31.1. The van der Waals surface area contributed by atoms with Crippen molar-refractivity contribution in [2.75, 3.05) is 51.3 Å². The van der Waals surface area contributed by atoms with Gasteiger partial charge in [0.15, 0.2) is 6.17 Å². The molecular formula is C48H54FN7O8. The van der Waals surface area contributed by atoms with Crippen LogP contribution in [-0.2, 0) is 25.5 Å². The molecule has 0 radical (unpaired) electrons. The van der Waals surface area contributed by atoms with Gasteiger partial charge >= 0.3 is 0 Å². The molecule has 16 heteroatoms. The zero-order valence-electron chi connectivity index (χ0n) is 36.0. The Balaban J connectivity index is 0.737. The summed E-state index contributed by atoms with van der Waals surface area (Å²) in [5.41, 5.74) is 3.25. The lowest BCUT2D eigenvalue weighted by Crippen LogP contribution is -2.54. The van der Waals surface area contributed by atoms with Crippen molar-refractivity contribution in [3.63, 3.8) is 0 Å². The molecule has 1 aromatic heterocycles. The first-order valence-electron chi connectivity index (χ1n) is 22.8. The molecule has 6 aliphatic rings. The van der Waals surface area contributed by atoms with Crippen LogP contribution in [0.2, 0.25) is 0 Å². The quantitative estimate of drug-likeness (QED) is 0.117. The van der Waals surface area contributed by atoms with E-state index >= 15 is 0 Å². The molecule has 4 atom stereocenters. The van der Waals surface area contributed by atoms with Crippen molar-refractivity contribution in [1.82, 2.24) is 30.7 Å². The molecule has 1 aliphatic carbocycles. The summed E-state index contributed by atoms with van der Waals surface area (Å²) in [5, 5.41) is 12.7. The Morgan fingerprint density at radius 2 is 1.73 bits per heavy atom. The second-order valence-corrected chi connectivity index (χ2v) is 17.9. The van der Waals surface area contributed by atoms with E-state index in [9.17, 15) is 33.2 Å². The number of alkyl halides is 1. The number of rotatable bonds is 12. The van der Waals surface area contributed by atoms with Gasteiger partial charge in [0.05, 0.1) is 35.4 Å². The molecule has 4 fully saturated rings. The fraction of sp³-hybridized carbons (Fsp3) is 0.521. The SMILES string of the molecule is CC[C@H]1C(COc2ncc(C#CC3CCC(CN4CCC(OCCNc5cccc6c5C(=O)N(C5CCC(=O)NC5=O)C6=O)CC4)CC3)c3cc4c(cc23)CCNC4=O)NC(=O)[C@H]1F. The number of ether oxygens (including phenoxy) is 2. The summed E-state index contributed by atoms with van der Waals surface area (Å²) in [6.45, 7) is 6.35. The Labute approximate surface area is 370 Å². The number of piperidine rings is 2. The van der Waals surface area contributed by atoms with Crippen molar-refractivity contribution in [2.45, 2.75) is 95.5 Å². The highest BCUT2D eigenvalue weighted by atomic mass is 19.1. The third-order valence-corrected chi connectivity index (χ3v) is 13.9.